The van der Waals surface area contributed by atoms with Crippen LogP contribution in [-0.2, 0) is 9.59 Å². The van der Waals surface area contributed by atoms with E-state index in [9.17, 15) is 9.59 Å². The van der Waals surface area contributed by atoms with E-state index in [1.807, 2.05) is 0 Å². The van der Waals surface area contributed by atoms with Crippen molar-refractivity contribution in [1.82, 2.24) is 5.32 Å². The average molecular weight is 168 g/mol. The van der Waals surface area contributed by atoms with Crippen LogP contribution in [0, 0.1) is 0 Å². The number of rotatable bonds is 3. The summed E-state index contributed by atoms with van der Waals surface area (Å²) in [4.78, 5) is 19.6. The van der Waals surface area contributed by atoms with Crippen molar-refractivity contribution in [3.8, 4) is 0 Å². The summed E-state index contributed by atoms with van der Waals surface area (Å²) in [7, 11) is 0. The van der Waals surface area contributed by atoms with E-state index < -0.39 is 5.91 Å². The van der Waals surface area contributed by atoms with E-state index in [0.29, 0.717) is 0 Å². The molecule has 0 rings (SSSR count). The SMILES string of the molecule is C=CC(N)=O.C=CNC(=O)C=C. The average Bonchev–Trinajstić information content (AvgIpc) is 2.06. The Balaban J connectivity index is 0. The number of nitrogens with one attached hydrogen (secondary N) is 1. The summed E-state index contributed by atoms with van der Waals surface area (Å²) >= 11 is 0. The van der Waals surface area contributed by atoms with E-state index in [1.165, 1.54) is 12.3 Å². The molecule has 0 radical (unpaired) electrons. The number of nitrogens with two attached hydrogens (primary N) is 1. The number of hydrogen-bond donors (Lipinski definition) is 2. The van der Waals surface area contributed by atoms with Gasteiger partial charge < -0.3 is 11.1 Å². The lowest BCUT2D eigenvalue weighted by atomic mass is 10.6. The lowest BCUT2D eigenvalue weighted by Gasteiger charge is -1.85. The van der Waals surface area contributed by atoms with E-state index in [2.05, 4.69) is 30.8 Å². The largest absolute Gasteiger partial charge is 0.366 e. The van der Waals surface area contributed by atoms with Gasteiger partial charge in [-0.3, -0.25) is 9.59 Å². The van der Waals surface area contributed by atoms with Gasteiger partial charge in [0.25, 0.3) is 0 Å². The minimum Gasteiger partial charge on any atom is -0.366 e. The van der Waals surface area contributed by atoms with Gasteiger partial charge in [0.15, 0.2) is 0 Å². The second-order valence-electron chi connectivity index (χ2n) is 1.52. The van der Waals surface area contributed by atoms with Crippen molar-refractivity contribution in [3.63, 3.8) is 0 Å². The summed E-state index contributed by atoms with van der Waals surface area (Å²) in [6, 6.07) is 0. The molecule has 0 aromatic rings. The van der Waals surface area contributed by atoms with Gasteiger partial charge in [0.1, 0.15) is 0 Å². The van der Waals surface area contributed by atoms with Crippen LogP contribution in [-0.4, -0.2) is 11.8 Å². The Morgan fingerprint density at radius 1 is 1.17 bits per heavy atom. The molecule has 2 amide bonds. The topological polar surface area (TPSA) is 72.2 Å². The third-order valence-electron chi connectivity index (χ3n) is 0.631. The number of carbonyl (C=O) groups is 2. The highest BCUT2D eigenvalue weighted by Crippen LogP contribution is 1.61. The standard InChI is InChI=1S/C5H7NO.C3H5NO/c1-3-5(7)6-4-2;1-2-3(4)5/h3-4H,1-2H2,(H,6,7);2H,1H2,(H2,4,5). The molecule has 4 nitrogen and oxygen atoms in total. The zero-order valence-corrected chi connectivity index (χ0v) is 6.75. The molecule has 0 aliphatic rings. The third-order valence-corrected chi connectivity index (χ3v) is 0.631. The molecule has 0 aliphatic heterocycles. The normalized spacial score (nSPS) is 6.67. The predicted octanol–water partition coefficient (Wildman–Crippen LogP) is 0.0898. The molecule has 0 aromatic heterocycles. The highest BCUT2D eigenvalue weighted by molar-refractivity contribution is 5.87. The van der Waals surface area contributed by atoms with Gasteiger partial charge in [-0.2, -0.15) is 0 Å². The fourth-order valence-electron chi connectivity index (χ4n) is 0.160. The summed E-state index contributed by atoms with van der Waals surface area (Å²) in [6.07, 6.45) is 3.55. The number of carbonyl (C=O) groups excluding carboxylic acids is 2. The second-order valence-corrected chi connectivity index (χ2v) is 1.52. The Kier molecular flexibility index (Phi) is 9.77. The van der Waals surface area contributed by atoms with Crippen molar-refractivity contribution in [1.29, 1.82) is 0 Å². The highest BCUT2D eigenvalue weighted by Gasteiger charge is 1.81. The molecular formula is C8H12N2O2. The van der Waals surface area contributed by atoms with Crippen molar-refractivity contribution < 1.29 is 9.59 Å². The van der Waals surface area contributed by atoms with Crippen molar-refractivity contribution in [3.05, 3.63) is 38.1 Å². The molecule has 0 aromatic carbocycles. The van der Waals surface area contributed by atoms with E-state index in [0.717, 1.165) is 6.08 Å². The van der Waals surface area contributed by atoms with Gasteiger partial charge in [-0.15, -0.1) is 0 Å². The lowest BCUT2D eigenvalue weighted by Crippen LogP contribution is -2.11. The van der Waals surface area contributed by atoms with Crippen LogP contribution >= 0.6 is 0 Å². The number of amides is 2. The van der Waals surface area contributed by atoms with Crippen LogP contribution in [0.2, 0.25) is 0 Å². The molecule has 0 spiro atoms. The minimum absolute atomic E-state index is 0.227. The molecule has 0 unspecified atom stereocenters. The minimum atomic E-state index is -0.481. The fourth-order valence-corrected chi connectivity index (χ4v) is 0.160. The molecule has 3 N–H and O–H groups in total. The lowest BCUT2D eigenvalue weighted by molar-refractivity contribution is -0.115. The molecule has 0 heterocycles. The molecule has 4 heteroatoms. The van der Waals surface area contributed by atoms with Crippen LogP contribution in [0.5, 0.6) is 0 Å². The third kappa shape index (κ3) is 15.7. The molecule has 0 fully saturated rings. The quantitative estimate of drug-likeness (QED) is 0.586. The van der Waals surface area contributed by atoms with E-state index >= 15 is 0 Å². The smallest absolute Gasteiger partial charge is 0.247 e. The van der Waals surface area contributed by atoms with Crippen molar-refractivity contribution in [2.45, 2.75) is 0 Å². The van der Waals surface area contributed by atoms with Gasteiger partial charge in [-0.05, 0) is 18.4 Å². The van der Waals surface area contributed by atoms with Crippen LogP contribution < -0.4 is 11.1 Å². The molecular weight excluding hydrogens is 156 g/mol. The van der Waals surface area contributed by atoms with E-state index in [4.69, 9.17) is 0 Å². The summed E-state index contributed by atoms with van der Waals surface area (Å²) in [6.45, 7) is 9.57. The number of hydrogen-bond acceptors (Lipinski definition) is 2. The Bertz CT molecular complexity index is 197. The van der Waals surface area contributed by atoms with Crippen LogP contribution in [0.4, 0.5) is 0 Å². The van der Waals surface area contributed by atoms with Crippen LogP contribution in [0.15, 0.2) is 38.1 Å². The Hall–Kier alpha value is -1.84. The molecule has 0 atom stereocenters. The molecule has 66 valence electrons. The van der Waals surface area contributed by atoms with Crippen LogP contribution in [0.25, 0.3) is 0 Å². The first kappa shape index (κ1) is 12.8. The van der Waals surface area contributed by atoms with Gasteiger partial charge >= 0.3 is 0 Å². The maximum absolute atomic E-state index is 10.1. The Morgan fingerprint density at radius 3 is 1.67 bits per heavy atom. The zero-order valence-electron chi connectivity index (χ0n) is 6.75. The van der Waals surface area contributed by atoms with Crippen LogP contribution in [0.3, 0.4) is 0 Å². The summed E-state index contributed by atoms with van der Waals surface area (Å²) in [5.41, 5.74) is 4.53. The molecule has 12 heavy (non-hydrogen) atoms. The van der Waals surface area contributed by atoms with Gasteiger partial charge in [0.05, 0.1) is 0 Å². The first-order valence-corrected chi connectivity index (χ1v) is 3.04. The fraction of sp³-hybridized carbons (Fsp3) is 0. The summed E-state index contributed by atoms with van der Waals surface area (Å²) in [5, 5.41) is 2.30. The first-order valence-electron chi connectivity index (χ1n) is 3.04. The maximum Gasteiger partial charge on any atom is 0.247 e. The molecule has 0 saturated carbocycles. The van der Waals surface area contributed by atoms with Crippen molar-refractivity contribution in [2.24, 2.45) is 5.73 Å². The monoisotopic (exact) mass is 168 g/mol. The summed E-state index contributed by atoms with van der Waals surface area (Å²) in [5.74, 6) is -0.708. The maximum atomic E-state index is 10.1. The van der Waals surface area contributed by atoms with Crippen LogP contribution in [0.1, 0.15) is 0 Å². The van der Waals surface area contributed by atoms with Gasteiger partial charge in [0.2, 0.25) is 11.8 Å². The predicted molar refractivity (Wildman–Crippen MR) is 47.9 cm³/mol. The van der Waals surface area contributed by atoms with Crippen molar-refractivity contribution >= 4 is 11.8 Å². The van der Waals surface area contributed by atoms with Crippen molar-refractivity contribution in [2.75, 3.05) is 0 Å². The highest BCUT2D eigenvalue weighted by atomic mass is 16.1. The molecule has 0 aliphatic carbocycles. The Labute approximate surface area is 71.4 Å². The van der Waals surface area contributed by atoms with Gasteiger partial charge in [-0.1, -0.05) is 19.7 Å². The second kappa shape index (κ2) is 9.16. The van der Waals surface area contributed by atoms with Gasteiger partial charge in [0, 0.05) is 0 Å². The van der Waals surface area contributed by atoms with E-state index in [-0.39, 0.29) is 5.91 Å². The Morgan fingerprint density at radius 2 is 1.58 bits per heavy atom. The van der Waals surface area contributed by atoms with E-state index in [1.54, 1.807) is 0 Å². The molecule has 0 saturated heterocycles. The van der Waals surface area contributed by atoms with Gasteiger partial charge in [-0.25, -0.2) is 0 Å². The number of primary amides is 1. The zero-order chi connectivity index (χ0) is 9.98. The first-order chi connectivity index (χ1) is 5.58. The summed E-state index contributed by atoms with van der Waals surface area (Å²) < 4.78 is 0. The molecule has 0 bridgehead atoms.